The van der Waals surface area contributed by atoms with E-state index in [0.29, 0.717) is 10.8 Å². The molecule has 0 amide bonds. The smallest absolute Gasteiger partial charge is 0.434 e. The Kier molecular flexibility index (Phi) is 4.73. The number of ether oxygens (including phenoxy) is 1. The van der Waals surface area contributed by atoms with E-state index >= 15 is 0 Å². The molecular formula is C15H15ClF3NOS. The fourth-order valence-electron chi connectivity index (χ4n) is 1.73. The summed E-state index contributed by atoms with van der Waals surface area (Å²) in [6.45, 7) is 6.14. The lowest BCUT2D eigenvalue weighted by Crippen LogP contribution is -2.11. The minimum Gasteiger partial charge on any atom is -0.485 e. The van der Waals surface area contributed by atoms with Crippen LogP contribution in [0.25, 0.3) is 0 Å². The molecule has 22 heavy (non-hydrogen) atoms. The lowest BCUT2D eigenvalue weighted by Gasteiger charge is -2.20. The minimum absolute atomic E-state index is 0.0426. The molecule has 0 N–H and O–H groups in total. The highest BCUT2D eigenvalue weighted by molar-refractivity contribution is 7.09. The molecule has 1 aromatic heterocycles. The molecule has 0 saturated heterocycles. The van der Waals surface area contributed by atoms with E-state index in [-0.39, 0.29) is 17.0 Å². The first-order chi connectivity index (χ1) is 10.1. The average Bonchev–Trinajstić information content (AvgIpc) is 2.84. The van der Waals surface area contributed by atoms with E-state index in [0.717, 1.165) is 22.3 Å². The second kappa shape index (κ2) is 6.08. The molecule has 1 aromatic carbocycles. The first kappa shape index (κ1) is 17.1. The Morgan fingerprint density at radius 2 is 1.91 bits per heavy atom. The summed E-state index contributed by atoms with van der Waals surface area (Å²) in [6, 6.07) is 5.42. The summed E-state index contributed by atoms with van der Waals surface area (Å²) in [5.41, 5.74) is 0.114. The van der Waals surface area contributed by atoms with Crippen molar-refractivity contribution in [1.82, 2.24) is 4.98 Å². The number of halogens is 4. The van der Waals surface area contributed by atoms with Crippen LogP contribution in [0, 0.1) is 0 Å². The Bertz CT molecular complexity index is 662. The maximum atomic E-state index is 12.5. The van der Waals surface area contributed by atoms with Gasteiger partial charge in [0.25, 0.3) is 0 Å². The number of hydrogen-bond acceptors (Lipinski definition) is 3. The Morgan fingerprint density at radius 3 is 2.41 bits per heavy atom. The van der Waals surface area contributed by atoms with E-state index in [9.17, 15) is 13.2 Å². The molecule has 2 nitrogen and oxygen atoms in total. The number of thiazole rings is 1. The highest BCUT2D eigenvalue weighted by Crippen LogP contribution is 2.33. The van der Waals surface area contributed by atoms with Crippen LogP contribution >= 0.6 is 22.9 Å². The molecule has 0 unspecified atom stereocenters. The van der Waals surface area contributed by atoms with Crippen molar-refractivity contribution in [3.8, 4) is 5.75 Å². The van der Waals surface area contributed by atoms with Crippen LogP contribution in [0.15, 0.2) is 23.6 Å². The zero-order valence-electron chi connectivity index (χ0n) is 12.3. The van der Waals surface area contributed by atoms with Crippen LogP contribution < -0.4 is 4.74 Å². The van der Waals surface area contributed by atoms with Crippen molar-refractivity contribution in [3.63, 3.8) is 0 Å². The molecule has 0 radical (unpaired) electrons. The van der Waals surface area contributed by atoms with Crippen molar-refractivity contribution in [2.45, 2.75) is 39.0 Å². The molecule has 0 aliphatic heterocycles. The Labute approximate surface area is 135 Å². The van der Waals surface area contributed by atoms with Crippen molar-refractivity contribution in [2.75, 3.05) is 0 Å². The van der Waals surface area contributed by atoms with Gasteiger partial charge in [-0.2, -0.15) is 13.2 Å². The van der Waals surface area contributed by atoms with Gasteiger partial charge >= 0.3 is 6.18 Å². The average molecular weight is 350 g/mol. The first-order valence-electron chi connectivity index (χ1n) is 6.52. The fraction of sp³-hybridized carbons (Fsp3) is 0.400. The first-order valence-corrected chi connectivity index (χ1v) is 7.77. The normalized spacial score (nSPS) is 12.5. The second-order valence-electron chi connectivity index (χ2n) is 5.81. The molecular weight excluding hydrogens is 335 g/mol. The zero-order chi connectivity index (χ0) is 16.5. The third-order valence-corrected chi connectivity index (χ3v) is 4.11. The Balaban J connectivity index is 2.07. The third kappa shape index (κ3) is 4.14. The van der Waals surface area contributed by atoms with Gasteiger partial charge in [0.2, 0.25) is 0 Å². The van der Waals surface area contributed by atoms with Crippen molar-refractivity contribution >= 4 is 22.9 Å². The summed E-state index contributed by atoms with van der Waals surface area (Å²) in [5, 5.41) is 1.66. The standard InChI is InChI=1S/C15H15ClF3NOS/c1-14(2,3)9-4-5-11(10(16)6-9)21-7-13-20-12(8-22-13)15(17,18)19/h4-6,8H,7H2,1-3H3. The summed E-state index contributed by atoms with van der Waals surface area (Å²) >= 11 is 7.07. The lowest BCUT2D eigenvalue weighted by atomic mass is 9.87. The SMILES string of the molecule is CC(C)(C)c1ccc(OCc2nc(C(F)(F)F)cs2)c(Cl)c1. The molecule has 0 spiro atoms. The predicted molar refractivity (Wildman–Crippen MR) is 81.6 cm³/mol. The molecule has 120 valence electrons. The number of aromatic nitrogens is 1. The van der Waals surface area contributed by atoms with Gasteiger partial charge in [-0.3, -0.25) is 0 Å². The fourth-order valence-corrected chi connectivity index (χ4v) is 2.68. The van der Waals surface area contributed by atoms with E-state index < -0.39 is 11.9 Å². The van der Waals surface area contributed by atoms with Crippen LogP contribution in [-0.4, -0.2) is 4.98 Å². The van der Waals surface area contributed by atoms with Gasteiger partial charge in [-0.1, -0.05) is 38.4 Å². The molecule has 2 aromatic rings. The number of alkyl halides is 3. The Hall–Kier alpha value is -1.27. The zero-order valence-corrected chi connectivity index (χ0v) is 13.9. The quantitative estimate of drug-likeness (QED) is 0.710. The van der Waals surface area contributed by atoms with Crippen LogP contribution in [0.2, 0.25) is 5.02 Å². The van der Waals surface area contributed by atoms with Crippen LogP contribution in [0.1, 0.15) is 37.0 Å². The summed E-state index contributed by atoms with van der Waals surface area (Å²) < 4.78 is 42.9. The predicted octanol–water partition coefficient (Wildman–Crippen LogP) is 5.69. The molecule has 0 aliphatic carbocycles. The van der Waals surface area contributed by atoms with Gasteiger partial charge in [-0.05, 0) is 23.1 Å². The topological polar surface area (TPSA) is 22.1 Å². The maximum absolute atomic E-state index is 12.5. The van der Waals surface area contributed by atoms with Gasteiger partial charge in [0.05, 0.1) is 5.02 Å². The number of nitrogens with zero attached hydrogens (tertiary/aromatic N) is 1. The molecule has 0 aliphatic rings. The van der Waals surface area contributed by atoms with E-state index in [4.69, 9.17) is 16.3 Å². The van der Waals surface area contributed by atoms with Gasteiger partial charge in [0.15, 0.2) is 5.69 Å². The van der Waals surface area contributed by atoms with Gasteiger partial charge in [0.1, 0.15) is 17.4 Å². The second-order valence-corrected chi connectivity index (χ2v) is 7.16. The summed E-state index contributed by atoms with van der Waals surface area (Å²) in [7, 11) is 0. The van der Waals surface area contributed by atoms with Gasteiger partial charge in [-0.25, -0.2) is 4.98 Å². The number of hydrogen-bond donors (Lipinski definition) is 0. The molecule has 1 heterocycles. The molecule has 0 bridgehead atoms. The van der Waals surface area contributed by atoms with Crippen LogP contribution in [0.4, 0.5) is 13.2 Å². The molecule has 0 fully saturated rings. The monoisotopic (exact) mass is 349 g/mol. The highest BCUT2D eigenvalue weighted by Gasteiger charge is 2.33. The largest absolute Gasteiger partial charge is 0.485 e. The van der Waals surface area contributed by atoms with Crippen LogP contribution in [0.5, 0.6) is 5.75 Å². The van der Waals surface area contributed by atoms with Crippen LogP contribution in [-0.2, 0) is 18.2 Å². The van der Waals surface area contributed by atoms with Crippen molar-refractivity contribution in [3.05, 3.63) is 44.9 Å². The van der Waals surface area contributed by atoms with Crippen molar-refractivity contribution in [1.29, 1.82) is 0 Å². The van der Waals surface area contributed by atoms with E-state index in [1.807, 2.05) is 6.07 Å². The maximum Gasteiger partial charge on any atom is 0.434 e. The Morgan fingerprint density at radius 1 is 1.23 bits per heavy atom. The molecule has 2 rings (SSSR count). The van der Waals surface area contributed by atoms with Gasteiger partial charge in [-0.15, -0.1) is 11.3 Å². The minimum atomic E-state index is -4.43. The van der Waals surface area contributed by atoms with E-state index in [1.165, 1.54) is 0 Å². The lowest BCUT2D eigenvalue weighted by molar-refractivity contribution is -0.140. The highest BCUT2D eigenvalue weighted by atomic mass is 35.5. The van der Waals surface area contributed by atoms with Gasteiger partial charge < -0.3 is 4.74 Å². The van der Waals surface area contributed by atoms with E-state index in [2.05, 4.69) is 25.8 Å². The number of benzene rings is 1. The molecule has 0 atom stereocenters. The molecule has 0 saturated carbocycles. The van der Waals surface area contributed by atoms with Gasteiger partial charge in [0, 0.05) is 5.38 Å². The summed E-state index contributed by atoms with van der Waals surface area (Å²) in [5.74, 6) is 0.429. The summed E-state index contributed by atoms with van der Waals surface area (Å²) in [4.78, 5) is 3.51. The van der Waals surface area contributed by atoms with Crippen LogP contribution in [0.3, 0.4) is 0 Å². The molecule has 7 heteroatoms. The summed E-state index contributed by atoms with van der Waals surface area (Å²) in [6.07, 6.45) is -4.43. The van der Waals surface area contributed by atoms with Crippen molar-refractivity contribution in [2.24, 2.45) is 0 Å². The van der Waals surface area contributed by atoms with E-state index in [1.54, 1.807) is 12.1 Å². The van der Waals surface area contributed by atoms with Crippen molar-refractivity contribution < 1.29 is 17.9 Å². The number of rotatable bonds is 3. The third-order valence-electron chi connectivity index (χ3n) is 2.99.